The number of carbonyl (C=O) groups excluding carboxylic acids is 1. The van der Waals surface area contributed by atoms with Gasteiger partial charge >= 0.3 is 0 Å². The molecule has 8 heteroatoms. The van der Waals surface area contributed by atoms with Gasteiger partial charge in [-0.25, -0.2) is 15.0 Å². The minimum atomic E-state index is -0.413. The molecule has 0 fully saturated rings. The zero-order valence-corrected chi connectivity index (χ0v) is 12.7. The zero-order chi connectivity index (χ0) is 14.8. The predicted octanol–water partition coefficient (Wildman–Crippen LogP) is 2.80. The number of thiazole rings is 1. The maximum Gasteiger partial charge on any atom is 0.279 e. The van der Waals surface area contributed by atoms with Crippen LogP contribution in [0.5, 0.6) is 0 Å². The van der Waals surface area contributed by atoms with Gasteiger partial charge in [0.25, 0.3) is 5.91 Å². The number of nitrogens with two attached hydrogens (primary N) is 1. The molecule has 0 saturated carbocycles. The van der Waals surface area contributed by atoms with E-state index in [0.717, 1.165) is 10.6 Å². The number of nitrogens with one attached hydrogen (secondary N) is 1. The average molecular weight is 317 g/mol. The first kappa shape index (κ1) is 13.7. The van der Waals surface area contributed by atoms with Gasteiger partial charge < -0.3 is 5.73 Å². The number of anilines is 2. The van der Waals surface area contributed by atoms with Crippen molar-refractivity contribution < 1.29 is 4.79 Å². The number of aryl methyl sites for hydroxylation is 1. The number of amides is 1. The lowest BCUT2D eigenvalue weighted by molar-refractivity contribution is 0.102. The highest BCUT2D eigenvalue weighted by Crippen LogP contribution is 2.30. The fraction of sp³-hybridized carbons (Fsp3) is 0.0769. The molecule has 0 saturated heterocycles. The van der Waals surface area contributed by atoms with Crippen molar-refractivity contribution in [3.63, 3.8) is 0 Å². The van der Waals surface area contributed by atoms with Gasteiger partial charge in [0.05, 0.1) is 10.6 Å². The van der Waals surface area contributed by atoms with Crippen LogP contribution in [0, 0.1) is 6.92 Å². The van der Waals surface area contributed by atoms with E-state index in [9.17, 15) is 4.79 Å². The quantitative estimate of drug-likeness (QED) is 0.774. The Morgan fingerprint density at radius 1 is 1.29 bits per heavy atom. The molecule has 0 radical (unpaired) electrons. The summed E-state index contributed by atoms with van der Waals surface area (Å²) in [7, 11) is 0. The van der Waals surface area contributed by atoms with Crippen LogP contribution in [0.25, 0.3) is 10.6 Å². The summed E-state index contributed by atoms with van der Waals surface area (Å²) in [5, 5.41) is 5.10. The predicted molar refractivity (Wildman–Crippen MR) is 84.6 cm³/mol. The Balaban J connectivity index is 1.79. The molecule has 3 rings (SSSR count). The number of carbonyl (C=O) groups is 1. The third-order valence-electron chi connectivity index (χ3n) is 2.66. The van der Waals surface area contributed by atoms with Crippen molar-refractivity contribution in [2.45, 2.75) is 6.92 Å². The molecule has 0 aromatic carbocycles. The van der Waals surface area contributed by atoms with Crippen molar-refractivity contribution in [1.29, 1.82) is 0 Å². The Morgan fingerprint density at radius 2 is 2.10 bits per heavy atom. The van der Waals surface area contributed by atoms with Crippen LogP contribution in [0.1, 0.15) is 15.4 Å². The van der Waals surface area contributed by atoms with Gasteiger partial charge in [-0.2, -0.15) is 0 Å². The van der Waals surface area contributed by atoms with E-state index in [4.69, 9.17) is 5.73 Å². The number of thiophene rings is 1. The van der Waals surface area contributed by atoms with E-state index in [0.29, 0.717) is 5.13 Å². The maximum atomic E-state index is 12.1. The second-order valence-corrected chi connectivity index (χ2v) is 6.34. The Morgan fingerprint density at radius 3 is 2.81 bits per heavy atom. The molecule has 1 amide bonds. The number of aromatic nitrogens is 3. The molecule has 0 unspecified atom stereocenters. The molecule has 0 aliphatic heterocycles. The molecular weight excluding hydrogens is 306 g/mol. The molecular formula is C13H11N5OS2. The highest BCUT2D eigenvalue weighted by Gasteiger charge is 2.14. The van der Waals surface area contributed by atoms with Gasteiger partial charge in [-0.15, -0.1) is 22.7 Å². The molecule has 21 heavy (non-hydrogen) atoms. The first-order valence-corrected chi connectivity index (χ1v) is 7.73. The number of nitrogen functional groups attached to an aromatic ring is 1. The lowest BCUT2D eigenvalue weighted by Crippen LogP contribution is -2.16. The summed E-state index contributed by atoms with van der Waals surface area (Å²) >= 11 is 3.02. The van der Waals surface area contributed by atoms with Crippen molar-refractivity contribution in [2.24, 2.45) is 0 Å². The number of hydrogen-bond donors (Lipinski definition) is 2. The smallest absolute Gasteiger partial charge is 0.279 e. The Bertz CT molecular complexity index is 795. The minimum absolute atomic E-state index is 0.0978. The molecule has 3 heterocycles. The van der Waals surface area contributed by atoms with E-state index < -0.39 is 5.91 Å². The summed E-state index contributed by atoms with van der Waals surface area (Å²) < 4.78 is 0. The summed E-state index contributed by atoms with van der Waals surface area (Å²) in [6, 6.07) is 4.05. The average Bonchev–Trinajstić information content (AvgIpc) is 3.08. The lowest BCUT2D eigenvalue weighted by Gasteiger charge is -2.02. The van der Waals surface area contributed by atoms with Crippen LogP contribution in [0.2, 0.25) is 0 Å². The van der Waals surface area contributed by atoms with Crippen molar-refractivity contribution >= 4 is 39.5 Å². The fourth-order valence-electron chi connectivity index (χ4n) is 1.70. The number of hydrogen-bond acceptors (Lipinski definition) is 7. The second kappa shape index (κ2) is 5.58. The third kappa shape index (κ3) is 2.91. The summed E-state index contributed by atoms with van der Waals surface area (Å²) in [4.78, 5) is 26.5. The topological polar surface area (TPSA) is 93.8 Å². The number of rotatable bonds is 3. The van der Waals surface area contributed by atoms with Gasteiger partial charge in [-0.3, -0.25) is 10.1 Å². The number of nitrogens with zero attached hydrogens (tertiary/aromatic N) is 3. The first-order chi connectivity index (χ1) is 10.1. The normalized spacial score (nSPS) is 10.5. The van der Waals surface area contributed by atoms with E-state index in [-0.39, 0.29) is 11.5 Å². The fourth-order valence-corrected chi connectivity index (χ4v) is 3.30. The molecule has 0 atom stereocenters. The van der Waals surface area contributed by atoms with Crippen molar-refractivity contribution in [1.82, 2.24) is 15.0 Å². The summed E-state index contributed by atoms with van der Waals surface area (Å²) in [6.45, 7) is 2.04. The molecule has 0 aliphatic rings. The van der Waals surface area contributed by atoms with Crippen LogP contribution in [0.3, 0.4) is 0 Å². The lowest BCUT2D eigenvalue weighted by atomic mass is 10.4. The molecule has 6 nitrogen and oxygen atoms in total. The largest absolute Gasteiger partial charge is 0.382 e. The van der Waals surface area contributed by atoms with Crippen LogP contribution in [0.4, 0.5) is 10.9 Å². The van der Waals surface area contributed by atoms with Crippen LogP contribution >= 0.6 is 22.7 Å². The van der Waals surface area contributed by atoms with Gasteiger partial charge in [-0.05, 0) is 19.1 Å². The molecule has 0 bridgehead atoms. The summed E-state index contributed by atoms with van der Waals surface area (Å²) in [5.74, 6) is -0.315. The molecule has 0 aliphatic carbocycles. The van der Waals surface area contributed by atoms with Gasteiger partial charge in [-0.1, -0.05) is 0 Å². The monoisotopic (exact) mass is 317 g/mol. The second-order valence-electron chi connectivity index (χ2n) is 4.19. The molecule has 3 aromatic heterocycles. The Hall–Kier alpha value is -2.32. The van der Waals surface area contributed by atoms with Gasteiger partial charge in [0, 0.05) is 22.7 Å². The van der Waals surface area contributed by atoms with E-state index in [2.05, 4.69) is 20.3 Å². The summed E-state index contributed by atoms with van der Waals surface area (Å²) in [5.41, 5.74) is 6.57. The van der Waals surface area contributed by atoms with Crippen LogP contribution in [0.15, 0.2) is 29.9 Å². The summed E-state index contributed by atoms with van der Waals surface area (Å²) in [6.07, 6.45) is 2.86. The van der Waals surface area contributed by atoms with E-state index in [1.807, 2.05) is 24.4 Å². The third-order valence-corrected chi connectivity index (χ3v) is 4.44. The van der Waals surface area contributed by atoms with Gasteiger partial charge in [0.15, 0.2) is 16.6 Å². The van der Waals surface area contributed by atoms with Crippen molar-refractivity contribution in [3.05, 3.63) is 40.5 Å². The Labute approximate surface area is 128 Å². The Kier molecular flexibility index (Phi) is 3.63. The van der Waals surface area contributed by atoms with E-state index >= 15 is 0 Å². The van der Waals surface area contributed by atoms with Gasteiger partial charge in [0.2, 0.25) is 0 Å². The van der Waals surface area contributed by atoms with Crippen LogP contribution in [-0.4, -0.2) is 20.9 Å². The SMILES string of the molecule is Cc1ccc(-c2csc(NC(=O)c3nccnc3N)n2)s1. The van der Waals surface area contributed by atoms with Gasteiger partial charge in [0.1, 0.15) is 0 Å². The minimum Gasteiger partial charge on any atom is -0.382 e. The molecule has 3 aromatic rings. The van der Waals surface area contributed by atoms with Crippen LogP contribution < -0.4 is 11.1 Å². The molecule has 0 spiro atoms. The zero-order valence-electron chi connectivity index (χ0n) is 11.0. The van der Waals surface area contributed by atoms with Crippen molar-refractivity contribution in [2.75, 3.05) is 11.1 Å². The molecule has 106 valence electrons. The molecule has 3 N–H and O–H groups in total. The van der Waals surface area contributed by atoms with E-state index in [1.54, 1.807) is 11.3 Å². The van der Waals surface area contributed by atoms with Crippen molar-refractivity contribution in [3.8, 4) is 10.6 Å². The highest BCUT2D eigenvalue weighted by molar-refractivity contribution is 7.17. The standard InChI is InChI=1S/C13H11N5OS2/c1-7-2-3-9(21-7)8-6-20-13(17-8)18-12(19)10-11(14)16-5-4-15-10/h2-6H,1H3,(H2,14,16)(H,17,18,19). The van der Waals surface area contributed by atoms with E-state index in [1.165, 1.54) is 28.6 Å². The first-order valence-electron chi connectivity index (χ1n) is 6.03. The highest BCUT2D eigenvalue weighted by atomic mass is 32.1. The van der Waals surface area contributed by atoms with Crippen LogP contribution in [-0.2, 0) is 0 Å². The maximum absolute atomic E-state index is 12.1.